The summed E-state index contributed by atoms with van der Waals surface area (Å²) in [4.78, 5) is 24.8. The minimum Gasteiger partial charge on any atom is -0.311 e. The van der Waals surface area contributed by atoms with Gasteiger partial charge in [-0.2, -0.15) is 0 Å². The Morgan fingerprint density at radius 2 is 2.06 bits per heavy atom. The number of hydrogen-bond acceptors (Lipinski definition) is 2. The lowest BCUT2D eigenvalue weighted by Crippen LogP contribution is -2.26. The SMILES string of the molecule is CC(=O)C1CC(=O)N(c2ccccc2C)C1. The molecular formula is C13H15NO2. The molecule has 0 radical (unpaired) electrons. The van der Waals surface area contributed by atoms with Crippen LogP contribution in [0.3, 0.4) is 0 Å². The molecule has 0 saturated carbocycles. The third-order valence-electron chi connectivity index (χ3n) is 3.11. The Balaban J connectivity index is 2.27. The summed E-state index contributed by atoms with van der Waals surface area (Å²) in [5.41, 5.74) is 2.00. The summed E-state index contributed by atoms with van der Waals surface area (Å²) in [5.74, 6) is 0.0195. The van der Waals surface area contributed by atoms with Crippen molar-refractivity contribution in [3.63, 3.8) is 0 Å². The molecule has 1 aliphatic heterocycles. The predicted octanol–water partition coefficient (Wildman–Crippen LogP) is 1.94. The Labute approximate surface area is 95.1 Å². The maximum absolute atomic E-state index is 11.8. The van der Waals surface area contributed by atoms with Crippen LogP contribution in [0.2, 0.25) is 0 Å². The monoisotopic (exact) mass is 217 g/mol. The van der Waals surface area contributed by atoms with E-state index >= 15 is 0 Å². The summed E-state index contributed by atoms with van der Waals surface area (Å²) in [5, 5.41) is 0. The summed E-state index contributed by atoms with van der Waals surface area (Å²) in [7, 11) is 0. The topological polar surface area (TPSA) is 37.4 Å². The zero-order valence-corrected chi connectivity index (χ0v) is 9.56. The zero-order valence-electron chi connectivity index (χ0n) is 9.56. The van der Waals surface area contributed by atoms with Gasteiger partial charge in [0.2, 0.25) is 5.91 Å². The highest BCUT2D eigenvalue weighted by atomic mass is 16.2. The fraction of sp³-hybridized carbons (Fsp3) is 0.385. The summed E-state index contributed by atoms with van der Waals surface area (Å²) < 4.78 is 0. The van der Waals surface area contributed by atoms with Gasteiger partial charge in [0, 0.05) is 24.6 Å². The molecule has 2 rings (SSSR count). The van der Waals surface area contributed by atoms with Crippen LogP contribution < -0.4 is 4.90 Å². The second kappa shape index (κ2) is 4.08. The second-order valence-electron chi connectivity index (χ2n) is 4.30. The standard InChI is InChI=1S/C13H15NO2/c1-9-5-3-4-6-12(9)14-8-11(10(2)15)7-13(14)16/h3-6,11H,7-8H2,1-2H3. The van der Waals surface area contributed by atoms with E-state index in [4.69, 9.17) is 0 Å². The van der Waals surface area contributed by atoms with Crippen LogP contribution in [-0.2, 0) is 9.59 Å². The molecular weight excluding hydrogens is 202 g/mol. The van der Waals surface area contributed by atoms with Crippen molar-refractivity contribution >= 4 is 17.4 Å². The van der Waals surface area contributed by atoms with Gasteiger partial charge in [-0.05, 0) is 25.5 Å². The molecule has 84 valence electrons. The van der Waals surface area contributed by atoms with Gasteiger partial charge in [-0.1, -0.05) is 18.2 Å². The summed E-state index contributed by atoms with van der Waals surface area (Å²) >= 11 is 0. The van der Waals surface area contributed by atoms with Gasteiger partial charge in [-0.3, -0.25) is 9.59 Å². The van der Waals surface area contributed by atoms with Crippen LogP contribution in [0.5, 0.6) is 0 Å². The molecule has 1 aromatic rings. The molecule has 3 nitrogen and oxygen atoms in total. The van der Waals surface area contributed by atoms with E-state index < -0.39 is 0 Å². The van der Waals surface area contributed by atoms with Crippen LogP contribution in [-0.4, -0.2) is 18.2 Å². The van der Waals surface area contributed by atoms with Crippen molar-refractivity contribution in [2.75, 3.05) is 11.4 Å². The van der Waals surface area contributed by atoms with Crippen molar-refractivity contribution in [3.8, 4) is 0 Å². The van der Waals surface area contributed by atoms with Crippen LogP contribution in [0, 0.1) is 12.8 Å². The lowest BCUT2D eigenvalue weighted by molar-refractivity contribution is -0.123. The maximum Gasteiger partial charge on any atom is 0.227 e. The first-order valence-corrected chi connectivity index (χ1v) is 5.46. The Bertz CT molecular complexity index is 439. The predicted molar refractivity (Wildman–Crippen MR) is 62.3 cm³/mol. The van der Waals surface area contributed by atoms with Gasteiger partial charge >= 0.3 is 0 Å². The fourth-order valence-electron chi connectivity index (χ4n) is 2.08. The molecule has 3 heteroatoms. The van der Waals surface area contributed by atoms with Crippen molar-refractivity contribution in [2.24, 2.45) is 5.92 Å². The molecule has 1 amide bonds. The number of benzene rings is 1. The van der Waals surface area contributed by atoms with Crippen molar-refractivity contribution in [1.29, 1.82) is 0 Å². The van der Waals surface area contributed by atoms with Gasteiger partial charge in [0.25, 0.3) is 0 Å². The first-order chi connectivity index (χ1) is 7.59. The van der Waals surface area contributed by atoms with Crippen LogP contribution >= 0.6 is 0 Å². The number of carbonyl (C=O) groups excluding carboxylic acids is 2. The van der Waals surface area contributed by atoms with Crippen molar-refractivity contribution < 1.29 is 9.59 Å². The number of para-hydroxylation sites is 1. The Hall–Kier alpha value is -1.64. The Morgan fingerprint density at radius 3 is 2.62 bits per heavy atom. The van der Waals surface area contributed by atoms with E-state index in [0.29, 0.717) is 13.0 Å². The quantitative estimate of drug-likeness (QED) is 0.759. The lowest BCUT2D eigenvalue weighted by atomic mass is 10.1. The minimum absolute atomic E-state index is 0.0505. The number of aryl methyl sites for hydroxylation is 1. The molecule has 0 bridgehead atoms. The summed E-state index contributed by atoms with van der Waals surface area (Å²) in [6.45, 7) is 4.06. The fourth-order valence-corrected chi connectivity index (χ4v) is 2.08. The largest absolute Gasteiger partial charge is 0.311 e. The average Bonchev–Trinajstić information content (AvgIpc) is 2.61. The van der Waals surface area contributed by atoms with Crippen molar-refractivity contribution in [2.45, 2.75) is 20.3 Å². The summed E-state index contributed by atoms with van der Waals surface area (Å²) in [6, 6.07) is 7.76. The molecule has 1 saturated heterocycles. The van der Waals surface area contributed by atoms with E-state index in [1.165, 1.54) is 0 Å². The molecule has 0 N–H and O–H groups in total. The molecule has 1 fully saturated rings. The van der Waals surface area contributed by atoms with E-state index in [1.54, 1.807) is 11.8 Å². The lowest BCUT2D eigenvalue weighted by Gasteiger charge is -2.18. The number of amides is 1. The molecule has 1 atom stereocenters. The molecule has 0 aliphatic carbocycles. The summed E-state index contributed by atoms with van der Waals surface area (Å²) in [6.07, 6.45) is 0.351. The number of rotatable bonds is 2. The Morgan fingerprint density at radius 1 is 1.38 bits per heavy atom. The first-order valence-electron chi connectivity index (χ1n) is 5.46. The molecule has 1 aromatic carbocycles. The number of anilines is 1. The Kier molecular flexibility index (Phi) is 2.77. The minimum atomic E-state index is -0.132. The second-order valence-corrected chi connectivity index (χ2v) is 4.30. The molecule has 1 heterocycles. The van der Waals surface area contributed by atoms with E-state index in [9.17, 15) is 9.59 Å². The smallest absolute Gasteiger partial charge is 0.227 e. The van der Waals surface area contributed by atoms with Crippen molar-refractivity contribution in [1.82, 2.24) is 0 Å². The number of hydrogen-bond donors (Lipinski definition) is 0. The van der Waals surface area contributed by atoms with Crippen molar-refractivity contribution in [3.05, 3.63) is 29.8 Å². The van der Waals surface area contributed by atoms with Crippen LogP contribution in [0.25, 0.3) is 0 Å². The molecule has 16 heavy (non-hydrogen) atoms. The van der Waals surface area contributed by atoms with E-state index in [-0.39, 0.29) is 17.6 Å². The highest BCUT2D eigenvalue weighted by Crippen LogP contribution is 2.27. The highest BCUT2D eigenvalue weighted by Gasteiger charge is 2.33. The highest BCUT2D eigenvalue weighted by molar-refractivity contribution is 6.00. The van der Waals surface area contributed by atoms with Gasteiger partial charge in [0.1, 0.15) is 5.78 Å². The molecule has 1 unspecified atom stereocenters. The van der Waals surface area contributed by atoms with Gasteiger partial charge in [-0.15, -0.1) is 0 Å². The van der Waals surface area contributed by atoms with E-state index in [0.717, 1.165) is 11.3 Å². The normalized spacial score (nSPS) is 20.2. The van der Waals surface area contributed by atoms with Gasteiger partial charge < -0.3 is 4.90 Å². The average molecular weight is 217 g/mol. The van der Waals surface area contributed by atoms with Gasteiger partial charge in [0.15, 0.2) is 0 Å². The van der Waals surface area contributed by atoms with Crippen LogP contribution in [0.15, 0.2) is 24.3 Å². The van der Waals surface area contributed by atoms with Gasteiger partial charge in [-0.25, -0.2) is 0 Å². The van der Waals surface area contributed by atoms with Gasteiger partial charge in [0.05, 0.1) is 0 Å². The third-order valence-corrected chi connectivity index (χ3v) is 3.11. The number of nitrogens with zero attached hydrogens (tertiary/aromatic N) is 1. The number of carbonyl (C=O) groups is 2. The maximum atomic E-state index is 11.8. The zero-order chi connectivity index (χ0) is 11.7. The van der Waals surface area contributed by atoms with E-state index in [2.05, 4.69) is 0 Å². The third kappa shape index (κ3) is 1.85. The number of Topliss-reactive ketones (excluding diaryl/α,β-unsaturated/α-hetero) is 1. The molecule has 0 aromatic heterocycles. The van der Waals surface area contributed by atoms with Crippen LogP contribution in [0.1, 0.15) is 18.9 Å². The number of ketones is 1. The van der Waals surface area contributed by atoms with E-state index in [1.807, 2.05) is 31.2 Å². The van der Waals surface area contributed by atoms with Crippen LogP contribution in [0.4, 0.5) is 5.69 Å². The molecule has 1 aliphatic rings. The first kappa shape index (κ1) is 10.9. The molecule has 0 spiro atoms.